The van der Waals surface area contributed by atoms with Crippen LogP contribution in [0.4, 0.5) is 5.95 Å². The number of nitrogen functional groups attached to an aromatic ring is 1. The summed E-state index contributed by atoms with van der Waals surface area (Å²) in [5.74, 6) is 0.456. The molecule has 0 spiro atoms. The quantitative estimate of drug-likeness (QED) is 0.776. The van der Waals surface area contributed by atoms with Gasteiger partial charge in [-0.3, -0.25) is 4.57 Å². The summed E-state index contributed by atoms with van der Waals surface area (Å²) in [6.45, 7) is 0.328. The molecule has 0 unspecified atom stereocenters. The summed E-state index contributed by atoms with van der Waals surface area (Å²) in [4.78, 5) is 16.2. The highest BCUT2D eigenvalue weighted by atomic mass is 79.9. The molecule has 0 aliphatic carbocycles. The van der Waals surface area contributed by atoms with Crippen molar-refractivity contribution in [3.63, 3.8) is 0 Å². The molecule has 8 heteroatoms. The summed E-state index contributed by atoms with van der Waals surface area (Å²) in [6, 6.07) is 7.93. The Kier molecular flexibility index (Phi) is 3.78. The fraction of sp³-hybridized carbons (Fsp3) is 0.0769. The van der Waals surface area contributed by atoms with Gasteiger partial charge in [-0.1, -0.05) is 34.1 Å². The van der Waals surface area contributed by atoms with Gasteiger partial charge in [0.1, 0.15) is 12.9 Å². The Balaban J connectivity index is 1.81. The lowest BCUT2D eigenvalue weighted by Crippen LogP contribution is -2.08. The summed E-state index contributed by atoms with van der Waals surface area (Å²) in [5, 5.41) is 0. The van der Waals surface area contributed by atoms with Gasteiger partial charge in [0.05, 0.1) is 0 Å². The number of hydrogen-bond donors (Lipinski definition) is 1. The van der Waals surface area contributed by atoms with Crippen molar-refractivity contribution in [1.82, 2.24) is 24.5 Å². The van der Waals surface area contributed by atoms with Crippen molar-refractivity contribution >= 4 is 21.9 Å². The third-order valence-electron chi connectivity index (χ3n) is 2.67. The van der Waals surface area contributed by atoms with Crippen LogP contribution in [0.5, 0.6) is 6.01 Å². The fourth-order valence-corrected chi connectivity index (χ4v) is 2.08. The second-order valence-electron chi connectivity index (χ2n) is 4.13. The van der Waals surface area contributed by atoms with E-state index in [2.05, 4.69) is 35.9 Å². The number of ether oxygens (including phenoxy) is 1. The Labute approximate surface area is 129 Å². The molecule has 0 aliphatic heterocycles. The van der Waals surface area contributed by atoms with Crippen LogP contribution in [-0.4, -0.2) is 24.5 Å². The van der Waals surface area contributed by atoms with Gasteiger partial charge in [0.15, 0.2) is 0 Å². The van der Waals surface area contributed by atoms with Gasteiger partial charge in [-0.15, -0.1) is 0 Å². The molecule has 0 saturated heterocycles. The minimum absolute atomic E-state index is 0.0934. The summed E-state index contributed by atoms with van der Waals surface area (Å²) >= 11 is 3.46. The molecule has 1 aromatic carbocycles. The van der Waals surface area contributed by atoms with Crippen molar-refractivity contribution < 1.29 is 4.74 Å². The molecule has 0 fully saturated rings. The van der Waals surface area contributed by atoms with Crippen molar-refractivity contribution in [2.75, 3.05) is 5.73 Å². The Morgan fingerprint density at radius 1 is 1.19 bits per heavy atom. The number of nitrogens with two attached hydrogens (primary N) is 1. The van der Waals surface area contributed by atoms with Gasteiger partial charge in [0.25, 0.3) is 0 Å². The van der Waals surface area contributed by atoms with Crippen LogP contribution < -0.4 is 10.5 Å². The van der Waals surface area contributed by atoms with Crippen molar-refractivity contribution in [2.24, 2.45) is 0 Å². The van der Waals surface area contributed by atoms with Crippen molar-refractivity contribution in [3.8, 4) is 12.0 Å². The van der Waals surface area contributed by atoms with Crippen LogP contribution in [0, 0.1) is 0 Å². The van der Waals surface area contributed by atoms with Crippen LogP contribution in [0.25, 0.3) is 5.95 Å². The summed E-state index contributed by atoms with van der Waals surface area (Å²) in [7, 11) is 0. The van der Waals surface area contributed by atoms with Gasteiger partial charge in [0.2, 0.25) is 11.9 Å². The van der Waals surface area contributed by atoms with E-state index in [1.165, 1.54) is 0 Å². The number of aromatic nitrogens is 5. The van der Waals surface area contributed by atoms with Crippen molar-refractivity contribution in [1.29, 1.82) is 0 Å². The number of halogens is 1. The Hall–Kier alpha value is -2.48. The number of hydrogen-bond acceptors (Lipinski definition) is 6. The van der Waals surface area contributed by atoms with Gasteiger partial charge < -0.3 is 10.5 Å². The number of nitrogens with zero attached hydrogens (tertiary/aromatic N) is 5. The largest absolute Gasteiger partial charge is 0.458 e. The zero-order valence-corrected chi connectivity index (χ0v) is 12.4. The van der Waals surface area contributed by atoms with Crippen LogP contribution in [-0.2, 0) is 6.61 Å². The van der Waals surface area contributed by atoms with Crippen LogP contribution in [0.15, 0.2) is 47.5 Å². The summed E-state index contributed by atoms with van der Waals surface area (Å²) in [5.41, 5.74) is 6.67. The first kappa shape index (κ1) is 13.5. The monoisotopic (exact) mass is 346 g/mol. The highest BCUT2D eigenvalue weighted by Crippen LogP contribution is 2.18. The van der Waals surface area contributed by atoms with E-state index in [1.807, 2.05) is 24.3 Å². The number of benzene rings is 1. The van der Waals surface area contributed by atoms with Crippen LogP contribution in [0.2, 0.25) is 0 Å². The fourth-order valence-electron chi connectivity index (χ4n) is 1.68. The minimum atomic E-state index is 0.0934. The predicted octanol–water partition coefficient (Wildman–Crippen LogP) is 1.98. The summed E-state index contributed by atoms with van der Waals surface area (Å²) in [6.07, 6.45) is 4.92. The Morgan fingerprint density at radius 2 is 2.05 bits per heavy atom. The number of rotatable bonds is 4. The maximum atomic E-state index is 5.68. The maximum Gasteiger partial charge on any atom is 0.323 e. The van der Waals surface area contributed by atoms with Gasteiger partial charge in [-0.25, -0.2) is 4.98 Å². The van der Waals surface area contributed by atoms with Crippen LogP contribution >= 0.6 is 15.9 Å². The molecule has 2 aromatic heterocycles. The van der Waals surface area contributed by atoms with Crippen LogP contribution in [0.3, 0.4) is 0 Å². The molecule has 0 radical (unpaired) electrons. The molecule has 3 rings (SSSR count). The molecule has 0 aliphatic rings. The summed E-state index contributed by atoms with van der Waals surface area (Å²) < 4.78 is 8.17. The highest BCUT2D eigenvalue weighted by molar-refractivity contribution is 9.10. The molecule has 2 N–H and O–H groups in total. The standard InChI is InChI=1S/C13H11BrN6O/c14-10-4-2-1-3-9(10)7-21-13-18-11(15)17-12(19-13)20-6-5-16-8-20/h1-6,8H,7H2,(H2,15,17,18,19). The molecule has 106 valence electrons. The molecule has 0 bridgehead atoms. The topological polar surface area (TPSA) is 91.7 Å². The van der Waals surface area contributed by atoms with E-state index < -0.39 is 0 Å². The lowest BCUT2D eigenvalue weighted by Gasteiger charge is -2.08. The molecule has 0 amide bonds. The Bertz CT molecular complexity index is 746. The zero-order chi connectivity index (χ0) is 14.7. The SMILES string of the molecule is Nc1nc(OCc2ccccc2Br)nc(-n2ccnc2)n1. The third-order valence-corrected chi connectivity index (χ3v) is 3.44. The van der Waals surface area contributed by atoms with Gasteiger partial charge in [0, 0.05) is 22.4 Å². The van der Waals surface area contributed by atoms with E-state index in [-0.39, 0.29) is 12.0 Å². The molecular weight excluding hydrogens is 336 g/mol. The van der Waals surface area contributed by atoms with Crippen LogP contribution in [0.1, 0.15) is 5.56 Å². The molecular formula is C13H11BrN6O. The molecule has 21 heavy (non-hydrogen) atoms. The average molecular weight is 347 g/mol. The lowest BCUT2D eigenvalue weighted by atomic mass is 10.2. The van der Waals surface area contributed by atoms with E-state index in [9.17, 15) is 0 Å². The van der Waals surface area contributed by atoms with Gasteiger partial charge in [-0.2, -0.15) is 15.0 Å². The molecule has 2 heterocycles. The first-order chi connectivity index (χ1) is 10.2. The average Bonchev–Trinajstić information content (AvgIpc) is 3.00. The van der Waals surface area contributed by atoms with Crippen molar-refractivity contribution in [2.45, 2.75) is 6.61 Å². The zero-order valence-electron chi connectivity index (χ0n) is 10.8. The van der Waals surface area contributed by atoms with Gasteiger partial charge >= 0.3 is 6.01 Å². The van der Waals surface area contributed by atoms with E-state index in [0.29, 0.717) is 12.6 Å². The van der Waals surface area contributed by atoms with E-state index in [0.717, 1.165) is 10.0 Å². The first-order valence-electron chi connectivity index (χ1n) is 6.08. The highest BCUT2D eigenvalue weighted by Gasteiger charge is 2.08. The Morgan fingerprint density at radius 3 is 2.81 bits per heavy atom. The van der Waals surface area contributed by atoms with Gasteiger partial charge in [-0.05, 0) is 6.07 Å². The molecule has 0 saturated carbocycles. The molecule has 0 atom stereocenters. The van der Waals surface area contributed by atoms with Crippen molar-refractivity contribution in [3.05, 3.63) is 53.0 Å². The molecule has 3 aromatic rings. The van der Waals surface area contributed by atoms with E-state index in [1.54, 1.807) is 23.3 Å². The minimum Gasteiger partial charge on any atom is -0.458 e. The number of anilines is 1. The van der Waals surface area contributed by atoms with E-state index >= 15 is 0 Å². The second-order valence-corrected chi connectivity index (χ2v) is 4.98. The second kappa shape index (κ2) is 5.88. The lowest BCUT2D eigenvalue weighted by molar-refractivity contribution is 0.279. The normalized spacial score (nSPS) is 10.5. The third kappa shape index (κ3) is 3.16. The predicted molar refractivity (Wildman–Crippen MR) is 79.8 cm³/mol. The smallest absolute Gasteiger partial charge is 0.323 e. The number of imidazole rings is 1. The maximum absolute atomic E-state index is 5.68. The first-order valence-corrected chi connectivity index (χ1v) is 6.88. The molecule has 7 nitrogen and oxygen atoms in total. The van der Waals surface area contributed by atoms with E-state index in [4.69, 9.17) is 10.5 Å².